The van der Waals surface area contributed by atoms with Crippen LogP contribution in [0.5, 0.6) is 0 Å². The Kier molecular flexibility index (Phi) is 3.09. The first kappa shape index (κ1) is 8.30. The van der Waals surface area contributed by atoms with Gasteiger partial charge >= 0.3 is 5.97 Å². The maximum Gasteiger partial charge on any atom is 0.350 e. The zero-order valence-corrected chi connectivity index (χ0v) is 5.90. The molecule has 0 saturated heterocycles. The number of carboxylic acids is 1. The Labute approximate surface area is 57.9 Å². The van der Waals surface area contributed by atoms with Crippen LogP contribution in [0.3, 0.4) is 0 Å². The summed E-state index contributed by atoms with van der Waals surface area (Å²) in [6, 6.07) is 0. The highest BCUT2D eigenvalue weighted by Gasteiger charge is 2.06. The van der Waals surface area contributed by atoms with Gasteiger partial charge in [-0.3, -0.25) is 0 Å². The van der Waals surface area contributed by atoms with Gasteiger partial charge in [0.25, 0.3) is 0 Å². The number of ether oxygens (including phenoxy) is 1. The zero-order valence-electron chi connectivity index (χ0n) is 5.14. The van der Waals surface area contributed by atoms with Crippen LogP contribution in [0.2, 0.25) is 0 Å². The van der Waals surface area contributed by atoms with Gasteiger partial charge in [-0.1, -0.05) is 11.6 Å². The Morgan fingerprint density at radius 3 is 2.22 bits per heavy atom. The van der Waals surface area contributed by atoms with Crippen LogP contribution >= 0.6 is 11.6 Å². The maximum atomic E-state index is 10.0. The summed E-state index contributed by atoms with van der Waals surface area (Å²) < 4.78 is 4.54. The number of hydrogen-bond acceptors (Lipinski definition) is 2. The monoisotopic (exact) mass is 150 g/mol. The molecule has 9 heavy (non-hydrogen) atoms. The standard InChI is InChI=1S/C5H7ClO3/c1-3(9-2)4(6)5(7)8/h1-2H3,(H,7,8)/b4-3+. The van der Waals surface area contributed by atoms with Crippen LogP contribution in [0, 0.1) is 0 Å². The number of rotatable bonds is 2. The first-order chi connectivity index (χ1) is 4.09. The first-order valence-corrected chi connectivity index (χ1v) is 2.61. The molecule has 0 aromatic carbocycles. The van der Waals surface area contributed by atoms with E-state index in [4.69, 9.17) is 16.7 Å². The lowest BCUT2D eigenvalue weighted by atomic mass is 10.5. The fraction of sp³-hybridized carbons (Fsp3) is 0.400. The largest absolute Gasteiger partial charge is 0.500 e. The van der Waals surface area contributed by atoms with Crippen molar-refractivity contribution in [2.45, 2.75) is 6.92 Å². The molecule has 0 aliphatic carbocycles. The van der Waals surface area contributed by atoms with E-state index >= 15 is 0 Å². The number of halogens is 1. The predicted molar refractivity (Wildman–Crippen MR) is 33.2 cm³/mol. The second-order valence-electron chi connectivity index (χ2n) is 1.38. The third kappa shape index (κ3) is 2.37. The van der Waals surface area contributed by atoms with Crippen molar-refractivity contribution >= 4 is 17.6 Å². The molecule has 0 aromatic heterocycles. The van der Waals surface area contributed by atoms with Gasteiger partial charge in [-0.05, 0) is 6.92 Å². The first-order valence-electron chi connectivity index (χ1n) is 2.23. The fourth-order valence-corrected chi connectivity index (χ4v) is 0.317. The SMILES string of the molecule is CO/C(C)=C(/Cl)C(=O)O. The summed E-state index contributed by atoms with van der Waals surface area (Å²) in [5.74, 6) is -0.958. The van der Waals surface area contributed by atoms with Crippen LogP contribution < -0.4 is 0 Å². The van der Waals surface area contributed by atoms with Gasteiger partial charge in [0, 0.05) is 0 Å². The van der Waals surface area contributed by atoms with Crippen molar-refractivity contribution in [1.82, 2.24) is 0 Å². The number of carboxylic acid groups (broad SMARTS) is 1. The molecule has 0 bridgehead atoms. The van der Waals surface area contributed by atoms with Gasteiger partial charge < -0.3 is 9.84 Å². The topological polar surface area (TPSA) is 46.5 Å². The van der Waals surface area contributed by atoms with Gasteiger partial charge in [-0.15, -0.1) is 0 Å². The lowest BCUT2D eigenvalue weighted by molar-refractivity contribution is -0.132. The molecule has 0 amide bonds. The van der Waals surface area contributed by atoms with E-state index in [0.717, 1.165) is 0 Å². The van der Waals surface area contributed by atoms with Crippen molar-refractivity contribution in [2.24, 2.45) is 0 Å². The second kappa shape index (κ2) is 3.35. The second-order valence-corrected chi connectivity index (χ2v) is 1.76. The quantitative estimate of drug-likeness (QED) is 0.475. The van der Waals surface area contributed by atoms with Crippen LogP contribution in [0.1, 0.15) is 6.92 Å². The summed E-state index contributed by atoms with van der Waals surface area (Å²) in [6.45, 7) is 1.48. The molecule has 0 aliphatic rings. The molecular formula is C5H7ClO3. The van der Waals surface area contributed by atoms with Gasteiger partial charge in [0.05, 0.1) is 7.11 Å². The Bertz CT molecular complexity index is 150. The summed E-state index contributed by atoms with van der Waals surface area (Å²) >= 11 is 5.22. The molecule has 0 heterocycles. The molecular weight excluding hydrogens is 144 g/mol. The summed E-state index contributed by atoms with van der Waals surface area (Å²) in [4.78, 5) is 10.0. The van der Waals surface area contributed by atoms with E-state index in [1.54, 1.807) is 0 Å². The van der Waals surface area contributed by atoms with E-state index in [1.165, 1.54) is 14.0 Å². The minimum absolute atomic E-state index is 0.212. The molecule has 1 N–H and O–H groups in total. The zero-order chi connectivity index (χ0) is 7.44. The predicted octanol–water partition coefficient (Wildman–Crippen LogP) is 1.19. The van der Waals surface area contributed by atoms with Crippen LogP contribution in [0.25, 0.3) is 0 Å². The lowest BCUT2D eigenvalue weighted by Crippen LogP contribution is -1.97. The summed E-state index contributed by atoms with van der Waals surface area (Å²) in [5.41, 5.74) is 0. The van der Waals surface area contributed by atoms with Gasteiger partial charge in [0.1, 0.15) is 5.76 Å². The van der Waals surface area contributed by atoms with Crippen molar-refractivity contribution in [3.63, 3.8) is 0 Å². The van der Waals surface area contributed by atoms with Crippen molar-refractivity contribution < 1.29 is 14.6 Å². The Morgan fingerprint density at radius 2 is 2.11 bits per heavy atom. The van der Waals surface area contributed by atoms with E-state index in [0.29, 0.717) is 0 Å². The minimum atomic E-state index is -1.17. The van der Waals surface area contributed by atoms with Crippen molar-refractivity contribution in [2.75, 3.05) is 7.11 Å². The molecule has 0 rings (SSSR count). The molecule has 0 unspecified atom stereocenters. The molecule has 3 nitrogen and oxygen atoms in total. The third-order valence-corrected chi connectivity index (χ3v) is 1.23. The normalized spacial score (nSPS) is 12.3. The summed E-state index contributed by atoms with van der Waals surface area (Å²) in [6.07, 6.45) is 0. The van der Waals surface area contributed by atoms with E-state index in [9.17, 15) is 4.79 Å². The van der Waals surface area contributed by atoms with Gasteiger partial charge in [0.15, 0.2) is 5.03 Å². The molecule has 0 fully saturated rings. The summed E-state index contributed by atoms with van der Waals surface area (Å²) in [7, 11) is 1.36. The molecule has 4 heteroatoms. The van der Waals surface area contributed by atoms with E-state index < -0.39 is 5.97 Å². The molecule has 0 aromatic rings. The molecule has 0 saturated carbocycles. The average Bonchev–Trinajstić information content (AvgIpc) is 1.84. The van der Waals surface area contributed by atoms with Crippen LogP contribution in [-0.4, -0.2) is 18.2 Å². The number of hydrogen-bond donors (Lipinski definition) is 1. The van der Waals surface area contributed by atoms with Gasteiger partial charge in [-0.2, -0.15) is 0 Å². The highest BCUT2D eigenvalue weighted by atomic mass is 35.5. The lowest BCUT2D eigenvalue weighted by Gasteiger charge is -1.97. The highest BCUT2D eigenvalue weighted by molar-refractivity contribution is 6.41. The fourth-order valence-electron chi connectivity index (χ4n) is 0.240. The third-order valence-electron chi connectivity index (χ3n) is 0.803. The molecule has 0 atom stereocenters. The van der Waals surface area contributed by atoms with Crippen molar-refractivity contribution in [1.29, 1.82) is 0 Å². The number of methoxy groups -OCH3 is 1. The smallest absolute Gasteiger partial charge is 0.350 e. The van der Waals surface area contributed by atoms with Gasteiger partial charge in [-0.25, -0.2) is 4.79 Å². The van der Waals surface area contributed by atoms with E-state index in [-0.39, 0.29) is 10.8 Å². The summed E-state index contributed by atoms with van der Waals surface area (Å²) in [5, 5.41) is 7.93. The van der Waals surface area contributed by atoms with Gasteiger partial charge in [0.2, 0.25) is 0 Å². The Balaban J connectivity index is 4.28. The number of carbonyl (C=O) groups is 1. The van der Waals surface area contributed by atoms with Crippen molar-refractivity contribution in [3.05, 3.63) is 10.8 Å². The van der Waals surface area contributed by atoms with Crippen molar-refractivity contribution in [3.8, 4) is 0 Å². The highest BCUT2D eigenvalue weighted by Crippen LogP contribution is 2.08. The van der Waals surface area contributed by atoms with Crippen LogP contribution in [0.4, 0.5) is 0 Å². The average molecular weight is 151 g/mol. The maximum absolute atomic E-state index is 10.0. The minimum Gasteiger partial charge on any atom is -0.500 e. The van der Waals surface area contributed by atoms with Crippen LogP contribution in [-0.2, 0) is 9.53 Å². The van der Waals surface area contributed by atoms with E-state index in [2.05, 4.69) is 4.74 Å². The number of aliphatic carboxylic acids is 1. The van der Waals surface area contributed by atoms with Crippen LogP contribution in [0.15, 0.2) is 10.8 Å². The Morgan fingerprint density at radius 1 is 1.67 bits per heavy atom. The molecule has 0 spiro atoms. The Hall–Kier alpha value is -0.700. The molecule has 52 valence electrons. The van der Waals surface area contributed by atoms with E-state index in [1.807, 2.05) is 0 Å². The number of allylic oxidation sites excluding steroid dienone is 1. The molecule has 0 radical (unpaired) electrons. The molecule has 0 aliphatic heterocycles.